The first kappa shape index (κ1) is 39.4. The van der Waals surface area contributed by atoms with Crippen LogP contribution in [0.1, 0.15) is 54.0 Å². The van der Waals surface area contributed by atoms with Crippen LogP contribution in [0, 0.1) is 12.3 Å². The average molecular weight is 800 g/mol. The number of rotatable bonds is 8. The van der Waals surface area contributed by atoms with E-state index in [1.807, 2.05) is 17.9 Å². The topological polar surface area (TPSA) is 130 Å². The minimum absolute atomic E-state index is 0.00886. The van der Waals surface area contributed by atoms with Gasteiger partial charge in [0.05, 0.1) is 17.1 Å². The Bertz CT molecular complexity index is 2350. The molecule has 2 N–H and O–H groups in total. The quantitative estimate of drug-likeness (QED) is 0.212. The van der Waals surface area contributed by atoms with Gasteiger partial charge >= 0.3 is 6.18 Å². The molecule has 1 aromatic carbocycles. The van der Waals surface area contributed by atoms with Gasteiger partial charge in [-0.15, -0.1) is 0 Å². The molecular formula is C42H48F3N9O4. The summed E-state index contributed by atoms with van der Waals surface area (Å²) in [6.45, 7) is 12.3. The molecule has 306 valence electrons. The standard InChI is InChI=1S/C42H48F3N9O4/c1-6-36(55)48-30-20-27(7-8-32(30)53-14-13-51(24-35(53)42(43,44)45)28-10-17-58-18-11-28)47-37-40(57)50(5)23-31(49-37)29-9-12-46-38(25(29)2)54-16-15-52-33(39(54)56)19-26-21-41(3,4)22-34(26)52/h6-9,12,19-20,23,28,35H,1,10-11,13-18,21-22,24H2,2-5H3,(H,47,49)(H,48,55). The molecule has 4 aliphatic rings. The van der Waals surface area contributed by atoms with E-state index in [-0.39, 0.29) is 47.6 Å². The lowest BCUT2D eigenvalue weighted by molar-refractivity contribution is -0.159. The van der Waals surface area contributed by atoms with E-state index >= 15 is 0 Å². The molecule has 8 rings (SSSR count). The van der Waals surface area contributed by atoms with Crippen molar-refractivity contribution >= 4 is 40.5 Å². The van der Waals surface area contributed by atoms with Crippen LogP contribution in [0.25, 0.3) is 11.3 Å². The first-order valence-electron chi connectivity index (χ1n) is 19.7. The van der Waals surface area contributed by atoms with Gasteiger partial charge in [-0.2, -0.15) is 13.2 Å². The van der Waals surface area contributed by atoms with E-state index in [2.05, 4.69) is 40.6 Å². The fraction of sp³-hybridized carbons (Fsp3) is 0.452. The molecule has 1 atom stereocenters. The van der Waals surface area contributed by atoms with Crippen molar-refractivity contribution in [2.24, 2.45) is 12.5 Å². The molecule has 2 saturated heterocycles. The van der Waals surface area contributed by atoms with Crippen LogP contribution in [0.2, 0.25) is 0 Å². The summed E-state index contributed by atoms with van der Waals surface area (Å²) in [6, 6.07) is 6.56. The van der Waals surface area contributed by atoms with Crippen molar-refractivity contribution in [2.45, 2.75) is 71.3 Å². The van der Waals surface area contributed by atoms with Crippen molar-refractivity contribution in [3.63, 3.8) is 0 Å². The zero-order valence-electron chi connectivity index (χ0n) is 33.2. The first-order chi connectivity index (χ1) is 27.6. The van der Waals surface area contributed by atoms with E-state index in [1.165, 1.54) is 32.9 Å². The molecule has 0 spiro atoms. The zero-order chi connectivity index (χ0) is 41.1. The molecule has 13 nitrogen and oxygen atoms in total. The van der Waals surface area contributed by atoms with Crippen LogP contribution in [0.15, 0.2) is 60.2 Å². The fourth-order valence-electron chi connectivity index (χ4n) is 9.04. The Morgan fingerprint density at radius 1 is 1.05 bits per heavy atom. The third-order valence-corrected chi connectivity index (χ3v) is 11.9. The number of ether oxygens (including phenoxy) is 1. The minimum Gasteiger partial charge on any atom is -0.381 e. The molecule has 1 aliphatic carbocycles. The zero-order valence-corrected chi connectivity index (χ0v) is 33.2. The first-order valence-corrected chi connectivity index (χ1v) is 19.7. The lowest BCUT2D eigenvalue weighted by Crippen LogP contribution is -2.61. The number of benzene rings is 1. The number of fused-ring (bicyclic) bond motifs is 3. The summed E-state index contributed by atoms with van der Waals surface area (Å²) < 4.78 is 53.1. The van der Waals surface area contributed by atoms with Crippen LogP contribution in [0.3, 0.4) is 0 Å². The summed E-state index contributed by atoms with van der Waals surface area (Å²) in [7, 11) is 1.59. The maximum Gasteiger partial charge on any atom is 0.409 e. The number of carbonyl (C=O) groups excluding carboxylic acids is 2. The number of carbonyl (C=O) groups is 2. The van der Waals surface area contributed by atoms with Crippen molar-refractivity contribution < 1.29 is 27.5 Å². The number of alkyl halides is 3. The van der Waals surface area contributed by atoms with Crippen LogP contribution >= 0.6 is 0 Å². The second kappa shape index (κ2) is 15.0. The summed E-state index contributed by atoms with van der Waals surface area (Å²) in [5.41, 5.74) is 5.27. The van der Waals surface area contributed by atoms with Gasteiger partial charge in [0.15, 0.2) is 5.82 Å². The number of nitrogens with one attached hydrogen (secondary N) is 2. The third-order valence-electron chi connectivity index (χ3n) is 11.9. The molecule has 1 unspecified atom stereocenters. The van der Waals surface area contributed by atoms with Gasteiger partial charge in [0, 0.05) is 93.9 Å². The highest BCUT2D eigenvalue weighted by atomic mass is 19.4. The largest absolute Gasteiger partial charge is 0.409 e. The lowest BCUT2D eigenvalue weighted by atomic mass is 9.90. The number of halogens is 3. The lowest BCUT2D eigenvalue weighted by Gasteiger charge is -2.47. The van der Waals surface area contributed by atoms with Crippen molar-refractivity contribution in [2.75, 3.05) is 59.8 Å². The summed E-state index contributed by atoms with van der Waals surface area (Å²) in [4.78, 5) is 54.3. The maximum absolute atomic E-state index is 14.7. The Kier molecular flexibility index (Phi) is 10.2. The molecular weight excluding hydrogens is 752 g/mol. The van der Waals surface area contributed by atoms with E-state index in [0.29, 0.717) is 79.7 Å². The highest BCUT2D eigenvalue weighted by Gasteiger charge is 2.48. The predicted molar refractivity (Wildman–Crippen MR) is 216 cm³/mol. The van der Waals surface area contributed by atoms with Crippen molar-refractivity contribution in [1.82, 2.24) is 24.0 Å². The Morgan fingerprint density at radius 2 is 1.83 bits per heavy atom. The van der Waals surface area contributed by atoms with Gasteiger partial charge in [0.1, 0.15) is 17.6 Å². The molecule has 4 aromatic rings. The van der Waals surface area contributed by atoms with Gasteiger partial charge < -0.3 is 29.4 Å². The van der Waals surface area contributed by atoms with E-state index < -0.39 is 23.7 Å². The van der Waals surface area contributed by atoms with Gasteiger partial charge in [-0.05, 0) is 80.0 Å². The van der Waals surface area contributed by atoms with Crippen LogP contribution in [0.5, 0.6) is 0 Å². The fourth-order valence-corrected chi connectivity index (χ4v) is 9.04. The summed E-state index contributed by atoms with van der Waals surface area (Å²) in [6.07, 6.45) is 2.93. The Morgan fingerprint density at radius 3 is 2.57 bits per heavy atom. The van der Waals surface area contributed by atoms with Gasteiger partial charge in [-0.25, -0.2) is 9.97 Å². The number of amides is 2. The second-order valence-corrected chi connectivity index (χ2v) is 16.5. The molecule has 3 aromatic heterocycles. The second-order valence-electron chi connectivity index (χ2n) is 16.5. The summed E-state index contributed by atoms with van der Waals surface area (Å²) in [5, 5.41) is 5.73. The van der Waals surface area contributed by atoms with Gasteiger partial charge in [-0.1, -0.05) is 20.4 Å². The number of nitrogens with zero attached hydrogens (tertiary/aromatic N) is 7. The molecule has 2 fully saturated rings. The summed E-state index contributed by atoms with van der Waals surface area (Å²) in [5.74, 6) is -0.262. The molecule has 16 heteroatoms. The molecule has 3 aliphatic heterocycles. The Balaban J connectivity index is 1.08. The Labute approximate surface area is 334 Å². The number of hydrogen-bond acceptors (Lipinski definition) is 9. The highest BCUT2D eigenvalue weighted by Crippen LogP contribution is 2.41. The van der Waals surface area contributed by atoms with Crippen LogP contribution in [-0.4, -0.2) is 93.5 Å². The van der Waals surface area contributed by atoms with Crippen molar-refractivity contribution in [3.8, 4) is 11.3 Å². The van der Waals surface area contributed by atoms with Crippen molar-refractivity contribution in [3.05, 3.63) is 88.2 Å². The Hall–Kier alpha value is -5.48. The van der Waals surface area contributed by atoms with E-state index in [0.717, 1.165) is 18.9 Å². The SMILES string of the molecule is C=CC(=O)Nc1cc(Nc2nc(-c3ccnc(N4CCn5c(cc6c5CC(C)(C)C6)C4=O)c3C)cn(C)c2=O)ccc1N1CCN(C2CCOCC2)CC1C(F)(F)F. The summed E-state index contributed by atoms with van der Waals surface area (Å²) >= 11 is 0. The number of pyridine rings is 1. The van der Waals surface area contributed by atoms with Crippen molar-refractivity contribution in [1.29, 1.82) is 0 Å². The van der Waals surface area contributed by atoms with Crippen LogP contribution in [0.4, 0.5) is 41.9 Å². The molecule has 6 heterocycles. The van der Waals surface area contributed by atoms with Gasteiger partial charge in [-0.3, -0.25) is 24.2 Å². The number of anilines is 5. The normalized spacial score (nSPS) is 19.8. The number of aryl methyl sites for hydroxylation is 1. The highest BCUT2D eigenvalue weighted by molar-refractivity contribution is 6.06. The minimum atomic E-state index is -4.55. The number of piperazine rings is 1. The monoisotopic (exact) mass is 799 g/mol. The third kappa shape index (κ3) is 7.39. The molecule has 0 saturated carbocycles. The van der Waals surface area contributed by atoms with Gasteiger partial charge in [0.2, 0.25) is 5.91 Å². The smallest absolute Gasteiger partial charge is 0.381 e. The van der Waals surface area contributed by atoms with E-state index in [9.17, 15) is 27.6 Å². The molecule has 0 bridgehead atoms. The molecule has 58 heavy (non-hydrogen) atoms. The number of aromatic nitrogens is 4. The molecule has 2 amide bonds. The average Bonchev–Trinajstić information content (AvgIpc) is 3.69. The van der Waals surface area contributed by atoms with E-state index in [1.54, 1.807) is 36.5 Å². The number of hydrogen-bond donors (Lipinski definition) is 2. The van der Waals surface area contributed by atoms with Crippen LogP contribution in [-0.2, 0) is 36.0 Å². The maximum atomic E-state index is 14.7. The van der Waals surface area contributed by atoms with Gasteiger partial charge in [0.25, 0.3) is 11.5 Å². The van der Waals surface area contributed by atoms with E-state index in [4.69, 9.17) is 9.72 Å². The predicted octanol–water partition coefficient (Wildman–Crippen LogP) is 5.84. The van der Waals surface area contributed by atoms with Crippen LogP contribution < -0.4 is 26.0 Å². The molecule has 0 radical (unpaired) electrons.